The molecule has 3 N–H and O–H groups in total. The smallest absolute Gasteiger partial charge is 0.337 e. The van der Waals surface area contributed by atoms with E-state index >= 15 is 0 Å². The van der Waals surface area contributed by atoms with Crippen LogP contribution in [-0.4, -0.2) is 88.6 Å². The van der Waals surface area contributed by atoms with Crippen molar-refractivity contribution in [2.24, 2.45) is 5.92 Å². The van der Waals surface area contributed by atoms with Gasteiger partial charge in [0.05, 0.1) is 30.6 Å². The maximum Gasteiger partial charge on any atom is 0.337 e. The lowest BCUT2D eigenvalue weighted by Gasteiger charge is -2.30. The Kier molecular flexibility index (Phi) is 20.0. The Morgan fingerprint density at radius 3 is 2.07 bits per heavy atom. The van der Waals surface area contributed by atoms with Crippen molar-refractivity contribution in [3.63, 3.8) is 0 Å². The van der Waals surface area contributed by atoms with Crippen LogP contribution in [0.4, 0.5) is 0 Å². The number of carboxylic acid groups (broad SMARTS) is 1. The Hall–Kier alpha value is -5.81. The molecule has 2 aromatic rings. The second kappa shape index (κ2) is 24.8. The second-order valence-electron chi connectivity index (χ2n) is 14.3. The van der Waals surface area contributed by atoms with Crippen LogP contribution in [0, 0.1) is 17.8 Å². The Morgan fingerprint density at radius 2 is 1.49 bits per heavy atom. The normalized spacial score (nSPS) is 14.1. The van der Waals surface area contributed by atoms with E-state index in [4.69, 9.17) is 14.2 Å². The number of aliphatic hydroxyl groups is 1. The number of unbranched alkanes of at least 4 members (excludes halogenated alkanes) is 8. The minimum atomic E-state index is -3.10. The first-order valence-corrected chi connectivity index (χ1v) is 20.1. The summed E-state index contributed by atoms with van der Waals surface area (Å²) >= 11 is 0. The number of hydrogen-bond donors (Lipinski definition) is 3. The molecule has 3 rings (SSSR count). The fourth-order valence-electron chi connectivity index (χ4n) is 6.51. The van der Waals surface area contributed by atoms with Crippen LogP contribution in [0.2, 0.25) is 0 Å². The molecule has 0 aromatic heterocycles. The van der Waals surface area contributed by atoms with Gasteiger partial charge in [-0.1, -0.05) is 87.8 Å². The number of carbonyl (C=O) groups is 7. The van der Waals surface area contributed by atoms with Crippen molar-refractivity contribution in [3.8, 4) is 17.6 Å². The highest BCUT2D eigenvalue weighted by Crippen LogP contribution is 2.28. The minimum Gasteiger partial charge on any atom is -0.481 e. The van der Waals surface area contributed by atoms with Gasteiger partial charge < -0.3 is 29.7 Å². The molecule has 0 unspecified atom stereocenters. The molecule has 0 saturated carbocycles. The zero-order valence-corrected chi connectivity index (χ0v) is 34.2. The topological polar surface area (TPSA) is 203 Å². The molecule has 0 fully saturated rings. The quantitative estimate of drug-likeness (QED) is 0.0325. The van der Waals surface area contributed by atoms with Crippen LogP contribution < -0.4 is 10.1 Å². The number of Topliss-reactive ketones (excluding diaryl/α,β-unsaturated/α-hetero) is 1. The Bertz CT molecular complexity index is 1830. The maximum absolute atomic E-state index is 14.0. The van der Waals surface area contributed by atoms with Gasteiger partial charge in [-0.05, 0) is 62.4 Å². The fourth-order valence-corrected chi connectivity index (χ4v) is 6.51. The van der Waals surface area contributed by atoms with Gasteiger partial charge in [0.25, 0.3) is 11.8 Å². The van der Waals surface area contributed by atoms with Crippen LogP contribution in [0.15, 0.2) is 60.7 Å². The van der Waals surface area contributed by atoms with E-state index in [9.17, 15) is 43.8 Å². The van der Waals surface area contributed by atoms with Crippen molar-refractivity contribution in [2.75, 3.05) is 20.4 Å². The second-order valence-corrected chi connectivity index (χ2v) is 14.3. The van der Waals surface area contributed by atoms with Gasteiger partial charge in [0.1, 0.15) is 24.2 Å². The van der Waals surface area contributed by atoms with Crippen molar-refractivity contribution < 1.29 is 58.0 Å². The number of ketones is 1. The third-order valence-corrected chi connectivity index (χ3v) is 9.93. The number of carbonyl (C=O) groups excluding carboxylic acids is 6. The first-order chi connectivity index (χ1) is 28.4. The number of esters is 2. The van der Waals surface area contributed by atoms with Crippen LogP contribution in [0.3, 0.4) is 0 Å². The van der Waals surface area contributed by atoms with Gasteiger partial charge in [-0.15, -0.1) is 5.92 Å². The summed E-state index contributed by atoms with van der Waals surface area (Å²) in [6, 6.07) is 11.3. The van der Waals surface area contributed by atoms with Crippen LogP contribution in [0.1, 0.15) is 124 Å². The number of rotatable bonds is 27. The van der Waals surface area contributed by atoms with E-state index in [-0.39, 0.29) is 29.9 Å². The molecular weight excluding hydrogens is 760 g/mol. The number of methoxy groups -OCH3 is 1. The molecule has 59 heavy (non-hydrogen) atoms. The number of benzene rings is 2. The first-order valence-electron chi connectivity index (χ1n) is 20.1. The number of allylic oxidation sites excluding steroid dienone is 1. The average molecular weight is 817 g/mol. The lowest BCUT2D eigenvalue weighted by molar-refractivity contribution is -0.174. The fraction of sp³-hybridized carbons (Fsp3) is 0.489. The molecule has 2 aromatic carbocycles. The van der Waals surface area contributed by atoms with Crippen LogP contribution in [-0.2, 0) is 39.9 Å². The summed E-state index contributed by atoms with van der Waals surface area (Å²) in [5, 5.41) is 24.4. The number of ether oxygens (including phenoxy) is 3. The maximum atomic E-state index is 14.0. The van der Waals surface area contributed by atoms with Gasteiger partial charge >= 0.3 is 17.9 Å². The Labute approximate surface area is 345 Å². The van der Waals surface area contributed by atoms with E-state index in [0.717, 1.165) is 52.1 Å². The zero-order valence-electron chi connectivity index (χ0n) is 34.2. The molecule has 318 valence electrons. The molecule has 14 heteroatoms. The van der Waals surface area contributed by atoms with Crippen molar-refractivity contribution in [1.29, 1.82) is 0 Å². The van der Waals surface area contributed by atoms with E-state index in [1.54, 1.807) is 43.3 Å². The number of amides is 3. The summed E-state index contributed by atoms with van der Waals surface area (Å²) in [5.74, 6) is -2.30. The van der Waals surface area contributed by atoms with E-state index in [2.05, 4.69) is 24.1 Å². The third kappa shape index (κ3) is 14.8. The first kappa shape index (κ1) is 47.6. The van der Waals surface area contributed by atoms with Crippen LogP contribution >= 0.6 is 0 Å². The molecule has 3 amide bonds. The molecule has 1 aliphatic heterocycles. The molecule has 3 atom stereocenters. The highest BCUT2D eigenvalue weighted by Gasteiger charge is 2.50. The molecule has 0 spiro atoms. The van der Waals surface area contributed by atoms with Crippen LogP contribution in [0.5, 0.6) is 5.75 Å². The standard InChI is InChI=1S/C45H56N2O12/c1-4-6-8-11-14-19-33(48)20-15-12-9-10-13-16-23-37(40(50)46-38(43(53)57-3)29-32-24-26-34(27-25-32)58-28-7-5-2)45(56,44(54)55)30-39(49)59-31-47-41(51)35-21-17-18-22-36(35)42(47)52/h16-18,21-27,37-38,56H,4,6,8-15,19-20,28-31H2,1-3H3,(H,46,50)(H,54,55)/b23-16+/t37-,38+,45+/m1/s1. The van der Waals surface area contributed by atoms with E-state index in [1.807, 2.05) is 0 Å². The van der Waals surface area contributed by atoms with Gasteiger partial charge in [0.2, 0.25) is 5.91 Å². The van der Waals surface area contributed by atoms with E-state index in [0.29, 0.717) is 41.9 Å². The summed E-state index contributed by atoms with van der Waals surface area (Å²) in [6.45, 7) is 3.14. The Morgan fingerprint density at radius 1 is 0.881 bits per heavy atom. The lowest BCUT2D eigenvalue weighted by atomic mass is 9.82. The summed E-state index contributed by atoms with van der Waals surface area (Å²) in [5.41, 5.74) is -2.31. The zero-order chi connectivity index (χ0) is 43.2. The summed E-state index contributed by atoms with van der Waals surface area (Å²) < 4.78 is 15.6. The number of imide groups is 1. The highest BCUT2D eigenvalue weighted by atomic mass is 16.5. The molecule has 0 aliphatic carbocycles. The van der Waals surface area contributed by atoms with Gasteiger partial charge in [-0.2, -0.15) is 0 Å². The highest BCUT2D eigenvalue weighted by molar-refractivity contribution is 6.21. The number of nitrogens with zero attached hydrogens (tertiary/aromatic N) is 1. The summed E-state index contributed by atoms with van der Waals surface area (Å²) in [6.07, 6.45) is 11.1. The third-order valence-electron chi connectivity index (χ3n) is 9.93. The number of carboxylic acids is 1. The lowest BCUT2D eigenvalue weighted by Crippen LogP contribution is -2.55. The molecule has 0 bridgehead atoms. The van der Waals surface area contributed by atoms with Gasteiger partial charge in [-0.3, -0.25) is 24.0 Å². The van der Waals surface area contributed by atoms with E-state index in [1.165, 1.54) is 30.7 Å². The van der Waals surface area contributed by atoms with Crippen LogP contribution in [0.25, 0.3) is 0 Å². The van der Waals surface area contributed by atoms with Gasteiger partial charge in [0, 0.05) is 19.3 Å². The van der Waals surface area contributed by atoms with Crippen molar-refractivity contribution >= 4 is 41.4 Å². The van der Waals surface area contributed by atoms with Gasteiger partial charge in [-0.25, -0.2) is 14.5 Å². The predicted octanol–water partition coefficient (Wildman–Crippen LogP) is 5.73. The minimum absolute atomic E-state index is 0.0843. The van der Waals surface area contributed by atoms with E-state index < -0.39 is 66.3 Å². The molecule has 1 aliphatic rings. The molecule has 0 saturated heterocycles. The molecule has 1 heterocycles. The SMILES string of the molecule is CC#CCOc1ccc(C[C@H](NC(=O)[C@@H](/C=C/CCCCCCC(=O)CCCCCCC)[C@@](O)(CC(=O)OCN2C(=O)c3ccccc3C2=O)C(=O)O)C(=O)OC)cc1. The summed E-state index contributed by atoms with van der Waals surface area (Å²) in [7, 11) is 1.12. The predicted molar refractivity (Wildman–Crippen MR) is 217 cm³/mol. The average Bonchev–Trinajstić information content (AvgIpc) is 3.46. The number of hydrogen-bond acceptors (Lipinski definition) is 11. The van der Waals surface area contributed by atoms with Crippen molar-refractivity contribution in [3.05, 3.63) is 77.4 Å². The molecule has 14 nitrogen and oxygen atoms in total. The summed E-state index contributed by atoms with van der Waals surface area (Å²) in [4.78, 5) is 91.2. The number of fused-ring (bicyclic) bond motifs is 1. The monoisotopic (exact) mass is 816 g/mol. The Balaban J connectivity index is 1.73. The molecule has 0 radical (unpaired) electrons. The van der Waals surface area contributed by atoms with Crippen molar-refractivity contribution in [1.82, 2.24) is 10.2 Å². The molecular formula is C45H56N2O12. The van der Waals surface area contributed by atoms with Gasteiger partial charge in [0.15, 0.2) is 12.3 Å². The van der Waals surface area contributed by atoms with Crippen molar-refractivity contribution in [2.45, 2.75) is 115 Å². The number of aliphatic carboxylic acids is 1. The number of nitrogens with one attached hydrogen (secondary N) is 1. The largest absolute Gasteiger partial charge is 0.481 e.